The van der Waals surface area contributed by atoms with Crippen molar-refractivity contribution in [1.82, 2.24) is 5.48 Å². The lowest BCUT2D eigenvalue weighted by molar-refractivity contribution is -0.161. The number of unbranched alkanes of at least 4 members (excludes halogenated alkanes) is 4. The Kier molecular flexibility index (Phi) is 11.1. The quantitative estimate of drug-likeness (QED) is 0.192. The van der Waals surface area contributed by atoms with E-state index < -0.39 is 32.2 Å². The molecule has 7 heteroatoms. The lowest BCUT2D eigenvalue weighted by atomic mass is 9.95. The number of methoxy groups -OCH3 is 2. The maximum absolute atomic E-state index is 12.0. The summed E-state index contributed by atoms with van der Waals surface area (Å²) in [5, 5.41) is 0. The molecule has 0 aromatic carbocycles. The molecule has 0 aliphatic rings. The number of hydrogen-bond acceptors (Lipinski definition) is 6. The third kappa shape index (κ3) is 9.73. The number of ether oxygens (including phenoxy) is 2. The molecule has 0 aromatic rings. The maximum atomic E-state index is 12.0. The summed E-state index contributed by atoms with van der Waals surface area (Å²) < 4.78 is 15.3. The first-order chi connectivity index (χ1) is 10.8. The van der Waals surface area contributed by atoms with Gasteiger partial charge in [0.1, 0.15) is 0 Å². The van der Waals surface area contributed by atoms with Gasteiger partial charge in [-0.25, -0.2) is 5.48 Å². The minimum atomic E-state index is -1.83. The Bertz CT molecular complexity index is 341. The number of carbonyl (C=O) groups excluding carboxylic acids is 2. The molecule has 0 radical (unpaired) electrons. The van der Waals surface area contributed by atoms with E-state index in [1.807, 2.05) is 19.6 Å². The zero-order chi connectivity index (χ0) is 17.9. The van der Waals surface area contributed by atoms with Crippen LogP contribution in [0.3, 0.4) is 0 Å². The van der Waals surface area contributed by atoms with Crippen LogP contribution in [0.25, 0.3) is 0 Å². The van der Waals surface area contributed by atoms with Gasteiger partial charge >= 0.3 is 11.9 Å². The van der Waals surface area contributed by atoms with Gasteiger partial charge < -0.3 is 14.0 Å². The lowest BCUT2D eigenvalue weighted by Crippen LogP contribution is -2.48. The fourth-order valence-corrected chi connectivity index (χ4v) is 2.70. The van der Waals surface area contributed by atoms with Gasteiger partial charge in [-0.3, -0.25) is 9.59 Å². The molecule has 0 heterocycles. The van der Waals surface area contributed by atoms with E-state index in [9.17, 15) is 9.59 Å². The summed E-state index contributed by atoms with van der Waals surface area (Å²) in [6.07, 6.45) is 6.15. The van der Waals surface area contributed by atoms with Crippen LogP contribution >= 0.6 is 0 Å². The second-order valence-corrected chi connectivity index (χ2v) is 11.1. The number of hydrogen-bond donors (Lipinski definition) is 1. The van der Waals surface area contributed by atoms with Crippen molar-refractivity contribution in [1.29, 1.82) is 0 Å². The summed E-state index contributed by atoms with van der Waals surface area (Å²) in [5.74, 6) is -2.20. The fourth-order valence-electron chi connectivity index (χ4n) is 2.19. The van der Waals surface area contributed by atoms with Gasteiger partial charge in [0, 0.05) is 0 Å². The third-order valence-corrected chi connectivity index (χ3v) is 4.18. The number of hydroxylamine groups is 1. The van der Waals surface area contributed by atoms with E-state index in [1.54, 1.807) is 0 Å². The number of nitrogens with one attached hydrogen (secondary N) is 1. The molecule has 0 bridgehead atoms. The van der Waals surface area contributed by atoms with Gasteiger partial charge in [0.15, 0.2) is 5.92 Å². The van der Waals surface area contributed by atoms with Crippen molar-refractivity contribution in [3.8, 4) is 0 Å². The van der Waals surface area contributed by atoms with E-state index in [1.165, 1.54) is 27.1 Å². The predicted octanol–water partition coefficient (Wildman–Crippen LogP) is 3.03. The van der Waals surface area contributed by atoms with Crippen LogP contribution in [0.15, 0.2) is 0 Å². The van der Waals surface area contributed by atoms with E-state index in [-0.39, 0.29) is 0 Å². The Labute approximate surface area is 141 Å². The van der Waals surface area contributed by atoms with Crippen LogP contribution < -0.4 is 5.48 Å². The normalized spacial score (nSPS) is 13.0. The molecule has 1 atom stereocenters. The van der Waals surface area contributed by atoms with E-state index in [4.69, 9.17) is 14.0 Å². The Hall–Kier alpha value is -0.923. The summed E-state index contributed by atoms with van der Waals surface area (Å²) in [6, 6.07) is -0.441. The predicted molar refractivity (Wildman–Crippen MR) is 92.3 cm³/mol. The highest BCUT2D eigenvalue weighted by atomic mass is 28.4. The molecule has 0 aromatic heterocycles. The average molecular weight is 348 g/mol. The largest absolute Gasteiger partial charge is 0.468 e. The smallest absolute Gasteiger partial charge is 0.321 e. The monoisotopic (exact) mass is 347 g/mol. The highest BCUT2D eigenvalue weighted by molar-refractivity contribution is 6.69. The molecule has 1 N–H and O–H groups in total. The molecule has 0 spiro atoms. The topological polar surface area (TPSA) is 73.9 Å². The highest BCUT2D eigenvalue weighted by Gasteiger charge is 2.37. The molecule has 0 saturated carbocycles. The van der Waals surface area contributed by atoms with Crippen LogP contribution in [-0.4, -0.2) is 40.5 Å². The first kappa shape index (κ1) is 22.1. The minimum absolute atomic E-state index is 0.441. The number of rotatable bonds is 12. The van der Waals surface area contributed by atoms with Gasteiger partial charge in [0.2, 0.25) is 8.32 Å². The minimum Gasteiger partial charge on any atom is -0.468 e. The van der Waals surface area contributed by atoms with Crippen molar-refractivity contribution in [2.45, 2.75) is 71.1 Å². The lowest BCUT2D eigenvalue weighted by Gasteiger charge is -2.28. The highest BCUT2D eigenvalue weighted by Crippen LogP contribution is 2.17. The summed E-state index contributed by atoms with van der Waals surface area (Å²) in [7, 11) is 0.716. The molecule has 0 saturated heterocycles. The van der Waals surface area contributed by atoms with Crippen molar-refractivity contribution < 1.29 is 23.6 Å². The molecule has 0 amide bonds. The third-order valence-electron chi connectivity index (χ3n) is 3.45. The zero-order valence-electron chi connectivity index (χ0n) is 15.4. The van der Waals surface area contributed by atoms with Gasteiger partial charge in [-0.2, -0.15) is 0 Å². The van der Waals surface area contributed by atoms with Gasteiger partial charge in [0.25, 0.3) is 0 Å². The number of esters is 2. The van der Waals surface area contributed by atoms with Gasteiger partial charge in [0.05, 0.1) is 20.3 Å². The van der Waals surface area contributed by atoms with E-state index in [0.717, 1.165) is 19.3 Å². The van der Waals surface area contributed by atoms with Gasteiger partial charge in [-0.1, -0.05) is 39.0 Å². The second-order valence-electron chi connectivity index (χ2n) is 6.67. The van der Waals surface area contributed by atoms with Crippen molar-refractivity contribution in [2.75, 3.05) is 14.2 Å². The first-order valence-electron chi connectivity index (χ1n) is 8.36. The average Bonchev–Trinajstić information content (AvgIpc) is 2.50. The molecule has 0 fully saturated rings. The zero-order valence-corrected chi connectivity index (χ0v) is 16.4. The summed E-state index contributed by atoms with van der Waals surface area (Å²) in [6.45, 7) is 8.26. The van der Waals surface area contributed by atoms with Crippen LogP contribution in [0, 0.1) is 5.92 Å². The van der Waals surface area contributed by atoms with E-state index in [0.29, 0.717) is 6.42 Å². The molecule has 0 aliphatic heterocycles. The molecule has 6 nitrogen and oxygen atoms in total. The summed E-state index contributed by atoms with van der Waals surface area (Å²) in [4.78, 5) is 24.0. The van der Waals surface area contributed by atoms with Crippen LogP contribution in [0.4, 0.5) is 0 Å². The summed E-state index contributed by atoms with van der Waals surface area (Å²) >= 11 is 0. The van der Waals surface area contributed by atoms with Crippen molar-refractivity contribution >= 4 is 20.3 Å². The van der Waals surface area contributed by atoms with Gasteiger partial charge in [-0.15, -0.1) is 0 Å². The first-order valence-corrected chi connectivity index (χ1v) is 11.8. The van der Waals surface area contributed by atoms with Crippen molar-refractivity contribution in [3.05, 3.63) is 0 Å². The van der Waals surface area contributed by atoms with Crippen LogP contribution in [0.2, 0.25) is 19.6 Å². The van der Waals surface area contributed by atoms with Crippen LogP contribution in [-0.2, 0) is 23.6 Å². The van der Waals surface area contributed by atoms with E-state index in [2.05, 4.69) is 12.4 Å². The van der Waals surface area contributed by atoms with Crippen LogP contribution in [0.5, 0.6) is 0 Å². The molecular weight excluding hydrogens is 314 g/mol. The Morgan fingerprint density at radius 1 is 0.957 bits per heavy atom. The Morgan fingerprint density at radius 2 is 1.48 bits per heavy atom. The van der Waals surface area contributed by atoms with Crippen LogP contribution in [0.1, 0.15) is 45.4 Å². The molecule has 0 aliphatic carbocycles. The van der Waals surface area contributed by atoms with Crippen molar-refractivity contribution in [3.63, 3.8) is 0 Å². The SMILES string of the molecule is CCCCCCCC(NO[Si](C)(C)C)C(C(=O)OC)C(=O)OC. The molecule has 136 valence electrons. The second kappa shape index (κ2) is 11.6. The number of carbonyl (C=O) groups is 2. The Balaban J connectivity index is 4.88. The Morgan fingerprint density at radius 3 is 1.91 bits per heavy atom. The molecule has 0 rings (SSSR count). The molecular formula is C16H33NO5Si. The van der Waals surface area contributed by atoms with Gasteiger partial charge in [-0.05, 0) is 26.1 Å². The fraction of sp³-hybridized carbons (Fsp3) is 0.875. The molecule has 1 unspecified atom stereocenters. The maximum Gasteiger partial charge on any atom is 0.321 e. The standard InChI is InChI=1S/C16H33NO5Si/c1-7-8-9-10-11-12-13(17-22-23(4,5)6)14(15(18)20-2)16(19)21-3/h13-14,17H,7-12H2,1-6H3. The molecule has 23 heavy (non-hydrogen) atoms. The summed E-state index contributed by atoms with van der Waals surface area (Å²) in [5.41, 5.74) is 2.94. The van der Waals surface area contributed by atoms with E-state index >= 15 is 0 Å². The van der Waals surface area contributed by atoms with Crippen molar-refractivity contribution in [2.24, 2.45) is 5.92 Å².